The molecule has 0 bridgehead atoms. The van der Waals surface area contributed by atoms with Crippen LogP contribution in [-0.2, 0) is 6.42 Å². The minimum atomic E-state index is -0.614. The lowest BCUT2D eigenvalue weighted by atomic mass is 9.71. The maximum Gasteiger partial charge on any atom is 0.122 e. The molecule has 0 radical (unpaired) electrons. The molecule has 1 aliphatic rings. The molecule has 2 rings (SSSR count). The average molecular weight is 222 g/mol. The summed E-state index contributed by atoms with van der Waals surface area (Å²) in [5.74, 6) is 0.830. The summed E-state index contributed by atoms with van der Waals surface area (Å²) in [7, 11) is 1.64. The molecule has 16 heavy (non-hydrogen) atoms. The largest absolute Gasteiger partial charge is 0.496 e. The van der Waals surface area contributed by atoms with Crippen LogP contribution in [0.15, 0.2) is 18.2 Å². The number of hydrogen-bond donors (Lipinski definition) is 2. The van der Waals surface area contributed by atoms with E-state index in [2.05, 4.69) is 0 Å². The molecule has 0 spiro atoms. The molecule has 0 saturated heterocycles. The van der Waals surface area contributed by atoms with Crippen molar-refractivity contribution in [3.8, 4) is 5.75 Å². The van der Waals surface area contributed by atoms with Gasteiger partial charge < -0.3 is 14.9 Å². The lowest BCUT2D eigenvalue weighted by Gasteiger charge is -2.38. The fourth-order valence-corrected chi connectivity index (χ4v) is 2.39. The van der Waals surface area contributed by atoms with Crippen molar-refractivity contribution in [1.29, 1.82) is 0 Å². The molecule has 0 fully saturated rings. The Bertz CT molecular complexity index is 389. The number of methoxy groups -OCH3 is 1. The third kappa shape index (κ3) is 1.60. The van der Waals surface area contributed by atoms with E-state index in [9.17, 15) is 10.2 Å². The lowest BCUT2D eigenvalue weighted by Crippen LogP contribution is -2.34. The Balaban J connectivity index is 2.46. The van der Waals surface area contributed by atoms with E-state index in [0.29, 0.717) is 0 Å². The van der Waals surface area contributed by atoms with Gasteiger partial charge in [-0.05, 0) is 30.0 Å². The Morgan fingerprint density at radius 2 is 2.25 bits per heavy atom. The molecule has 3 heteroatoms. The molecule has 1 aromatic carbocycles. The molecule has 2 atom stereocenters. The highest BCUT2D eigenvalue weighted by Crippen LogP contribution is 2.45. The summed E-state index contributed by atoms with van der Waals surface area (Å²) >= 11 is 0. The van der Waals surface area contributed by atoms with Gasteiger partial charge in [0.15, 0.2) is 0 Å². The van der Waals surface area contributed by atoms with E-state index in [1.165, 1.54) is 0 Å². The van der Waals surface area contributed by atoms with Crippen LogP contribution in [0, 0.1) is 5.41 Å². The number of hydrogen-bond acceptors (Lipinski definition) is 3. The predicted molar refractivity (Wildman–Crippen MR) is 61.5 cm³/mol. The van der Waals surface area contributed by atoms with Crippen LogP contribution in [0.3, 0.4) is 0 Å². The molecular weight excluding hydrogens is 204 g/mol. The van der Waals surface area contributed by atoms with Gasteiger partial charge in [0, 0.05) is 5.41 Å². The highest BCUT2D eigenvalue weighted by atomic mass is 16.5. The first-order valence-electron chi connectivity index (χ1n) is 5.57. The maximum atomic E-state index is 10.3. The van der Waals surface area contributed by atoms with E-state index >= 15 is 0 Å². The zero-order valence-electron chi connectivity index (χ0n) is 9.73. The summed E-state index contributed by atoms with van der Waals surface area (Å²) in [6.45, 7) is 1.92. The molecule has 2 N–H and O–H groups in total. The van der Waals surface area contributed by atoms with Crippen LogP contribution < -0.4 is 4.74 Å². The van der Waals surface area contributed by atoms with Crippen LogP contribution in [0.2, 0.25) is 0 Å². The second-order valence-electron chi connectivity index (χ2n) is 4.74. The number of fused-ring (bicyclic) bond motifs is 1. The van der Waals surface area contributed by atoms with Crippen molar-refractivity contribution < 1.29 is 14.9 Å². The van der Waals surface area contributed by atoms with Gasteiger partial charge in [0.1, 0.15) is 5.75 Å². The Hall–Kier alpha value is -1.06. The molecule has 0 amide bonds. The zero-order valence-corrected chi connectivity index (χ0v) is 9.73. The van der Waals surface area contributed by atoms with Gasteiger partial charge in [-0.25, -0.2) is 0 Å². The van der Waals surface area contributed by atoms with Gasteiger partial charge in [0.25, 0.3) is 0 Å². The van der Waals surface area contributed by atoms with Crippen molar-refractivity contribution in [2.75, 3.05) is 13.7 Å². The predicted octanol–water partition coefficient (Wildman–Crippen LogP) is 1.67. The molecule has 3 nitrogen and oxygen atoms in total. The number of rotatable bonds is 2. The van der Waals surface area contributed by atoms with Gasteiger partial charge in [-0.2, -0.15) is 0 Å². The lowest BCUT2D eigenvalue weighted by molar-refractivity contribution is -0.0204. The summed E-state index contributed by atoms with van der Waals surface area (Å²) in [6, 6.07) is 5.70. The fraction of sp³-hybridized carbons (Fsp3) is 0.538. The van der Waals surface area contributed by atoms with E-state index in [0.717, 1.165) is 29.7 Å². The molecule has 0 heterocycles. The Labute approximate surface area is 95.7 Å². The van der Waals surface area contributed by atoms with Crippen molar-refractivity contribution in [2.45, 2.75) is 25.9 Å². The van der Waals surface area contributed by atoms with Gasteiger partial charge in [-0.15, -0.1) is 0 Å². The Morgan fingerprint density at radius 3 is 2.88 bits per heavy atom. The van der Waals surface area contributed by atoms with Crippen molar-refractivity contribution in [3.63, 3.8) is 0 Å². The van der Waals surface area contributed by atoms with Crippen LogP contribution in [0.25, 0.3) is 0 Å². The van der Waals surface area contributed by atoms with Crippen molar-refractivity contribution in [1.82, 2.24) is 0 Å². The standard InChI is InChI=1S/C13H18O3/c1-13(8-14)7-6-9-10(12(13)15)4-3-5-11(9)16-2/h3-5,12,14-15H,6-8H2,1-2H3/t12-,13+/m0/s1. The quantitative estimate of drug-likeness (QED) is 0.800. The fourth-order valence-electron chi connectivity index (χ4n) is 2.39. The van der Waals surface area contributed by atoms with Gasteiger partial charge in [0.05, 0.1) is 19.8 Å². The van der Waals surface area contributed by atoms with Gasteiger partial charge >= 0.3 is 0 Å². The van der Waals surface area contributed by atoms with Crippen molar-refractivity contribution in [3.05, 3.63) is 29.3 Å². The van der Waals surface area contributed by atoms with Crippen molar-refractivity contribution >= 4 is 0 Å². The van der Waals surface area contributed by atoms with Gasteiger partial charge in [-0.1, -0.05) is 19.1 Å². The summed E-state index contributed by atoms with van der Waals surface area (Å²) < 4.78 is 5.29. The monoisotopic (exact) mass is 222 g/mol. The molecule has 1 aromatic rings. The highest BCUT2D eigenvalue weighted by molar-refractivity contribution is 5.43. The SMILES string of the molecule is COc1cccc2c1CC[C@](C)(CO)[C@H]2O. The molecule has 1 aliphatic carbocycles. The highest BCUT2D eigenvalue weighted by Gasteiger charge is 2.38. The first-order valence-corrected chi connectivity index (χ1v) is 5.57. The third-order valence-corrected chi connectivity index (χ3v) is 3.65. The van der Waals surface area contributed by atoms with Gasteiger partial charge in [0.2, 0.25) is 0 Å². The Kier molecular flexibility index (Phi) is 2.91. The van der Waals surface area contributed by atoms with E-state index in [1.807, 2.05) is 25.1 Å². The molecule has 0 aromatic heterocycles. The third-order valence-electron chi connectivity index (χ3n) is 3.65. The van der Waals surface area contributed by atoms with Crippen LogP contribution in [0.4, 0.5) is 0 Å². The second-order valence-corrected chi connectivity index (χ2v) is 4.74. The van der Waals surface area contributed by atoms with E-state index in [4.69, 9.17) is 4.74 Å². The van der Waals surface area contributed by atoms with Crippen LogP contribution in [0.1, 0.15) is 30.6 Å². The summed E-state index contributed by atoms with van der Waals surface area (Å²) in [5, 5.41) is 19.7. The molecule has 0 unspecified atom stereocenters. The van der Waals surface area contributed by atoms with Crippen LogP contribution in [0.5, 0.6) is 5.75 Å². The van der Waals surface area contributed by atoms with E-state index in [1.54, 1.807) is 7.11 Å². The minimum Gasteiger partial charge on any atom is -0.496 e. The summed E-state index contributed by atoms with van der Waals surface area (Å²) in [6.07, 6.45) is 1.00. The number of aliphatic hydroxyl groups excluding tert-OH is 2. The van der Waals surface area contributed by atoms with Crippen molar-refractivity contribution in [2.24, 2.45) is 5.41 Å². The average Bonchev–Trinajstić information content (AvgIpc) is 2.33. The first-order chi connectivity index (χ1) is 7.62. The topological polar surface area (TPSA) is 49.7 Å². The van der Waals surface area contributed by atoms with E-state index in [-0.39, 0.29) is 6.61 Å². The van der Waals surface area contributed by atoms with Crippen LogP contribution >= 0.6 is 0 Å². The number of aliphatic hydroxyl groups is 2. The molecule has 0 aliphatic heterocycles. The number of ether oxygens (including phenoxy) is 1. The maximum absolute atomic E-state index is 10.3. The van der Waals surface area contributed by atoms with Crippen LogP contribution in [-0.4, -0.2) is 23.9 Å². The summed E-state index contributed by atoms with van der Waals surface area (Å²) in [4.78, 5) is 0. The second kappa shape index (κ2) is 4.07. The zero-order chi connectivity index (χ0) is 11.8. The summed E-state index contributed by atoms with van der Waals surface area (Å²) in [5.41, 5.74) is 1.53. The van der Waals surface area contributed by atoms with Gasteiger partial charge in [-0.3, -0.25) is 0 Å². The van der Waals surface area contributed by atoms with E-state index < -0.39 is 11.5 Å². The molecule has 88 valence electrons. The first kappa shape index (κ1) is 11.4. The normalized spacial score (nSPS) is 28.6. The minimum absolute atomic E-state index is 0.00478. The Morgan fingerprint density at radius 1 is 1.50 bits per heavy atom. The molecular formula is C13H18O3. The number of benzene rings is 1. The molecule has 0 saturated carbocycles. The smallest absolute Gasteiger partial charge is 0.122 e.